The first-order chi connectivity index (χ1) is 18.4. The Bertz CT molecular complexity index is 1130. The van der Waals surface area contributed by atoms with Crippen LogP contribution >= 0.6 is 0 Å². The first-order valence-electron chi connectivity index (χ1n) is 15.8. The smallest absolute Gasteiger partial charge is 0.303 e. The molecule has 0 amide bonds. The lowest BCUT2D eigenvalue weighted by Gasteiger charge is -2.61. The summed E-state index contributed by atoms with van der Waals surface area (Å²) in [4.78, 5) is 12.6. The van der Waals surface area contributed by atoms with Crippen LogP contribution in [-0.4, -0.2) is 41.3 Å². The van der Waals surface area contributed by atoms with Gasteiger partial charge in [-0.3, -0.25) is 4.79 Å². The first-order valence-corrected chi connectivity index (χ1v) is 15.8. The quantitative estimate of drug-likeness (QED) is 0.271. The number of allylic oxidation sites excluding steroid dienone is 3. The second kappa shape index (κ2) is 9.81. The van der Waals surface area contributed by atoms with E-state index in [4.69, 9.17) is 14.2 Å². The molecule has 0 spiro atoms. The second-order valence-corrected chi connectivity index (χ2v) is 15.6. The third-order valence-corrected chi connectivity index (χ3v) is 12.0. The molecule has 5 rings (SSSR count). The van der Waals surface area contributed by atoms with E-state index in [2.05, 4.69) is 61.1 Å². The van der Waals surface area contributed by atoms with E-state index in [0.29, 0.717) is 23.7 Å². The molecule has 0 aromatic carbocycles. The molecular formula is C35H54O5. The molecule has 40 heavy (non-hydrogen) atoms. The minimum absolute atomic E-state index is 0.0227. The number of hydrogen-bond donors (Lipinski definition) is 1. The molecule has 1 saturated heterocycles. The Morgan fingerprint density at radius 3 is 2.45 bits per heavy atom. The fraction of sp³-hybridized carbons (Fsp3) is 0.800. The van der Waals surface area contributed by atoms with Crippen LogP contribution in [0, 0.1) is 39.9 Å². The second-order valence-electron chi connectivity index (χ2n) is 15.6. The standard InChI is InChI=1S/C35H54O5/c1-19(2)20(3)12-13-21(4)24-15-16-25-23-14-17-27-32(6,7)30-26(39-33(8,9)40-30)18-34(27,10)28(23)29(37)31(35(24,25)11)38-22(5)36/h16,19,21,24,26-27,29-31,37H,3,12-15,17-18H2,1-2,4-11H3/t21-,24-,26-,27+,29-,30+,31+,34?,35?/m1/s1. The molecule has 4 aliphatic carbocycles. The Morgan fingerprint density at radius 1 is 1.15 bits per heavy atom. The van der Waals surface area contributed by atoms with E-state index in [1.165, 1.54) is 23.6 Å². The van der Waals surface area contributed by atoms with Gasteiger partial charge in [0.1, 0.15) is 12.2 Å². The summed E-state index contributed by atoms with van der Waals surface area (Å²) in [6, 6.07) is 0. The largest absolute Gasteiger partial charge is 0.458 e. The van der Waals surface area contributed by atoms with Crippen molar-refractivity contribution in [1.29, 1.82) is 0 Å². The molecule has 5 aliphatic rings. The van der Waals surface area contributed by atoms with Crippen molar-refractivity contribution in [1.82, 2.24) is 0 Å². The highest BCUT2D eigenvalue weighted by Crippen LogP contribution is 2.68. The van der Waals surface area contributed by atoms with Crippen molar-refractivity contribution in [2.24, 2.45) is 39.9 Å². The van der Waals surface area contributed by atoms with Crippen molar-refractivity contribution in [2.45, 2.75) is 138 Å². The van der Waals surface area contributed by atoms with Gasteiger partial charge < -0.3 is 19.3 Å². The van der Waals surface area contributed by atoms with E-state index in [1.807, 2.05) is 13.8 Å². The summed E-state index contributed by atoms with van der Waals surface area (Å²) < 4.78 is 19.2. The fourth-order valence-electron chi connectivity index (χ4n) is 10.0. The van der Waals surface area contributed by atoms with Crippen LogP contribution in [0.5, 0.6) is 0 Å². The van der Waals surface area contributed by atoms with E-state index in [1.54, 1.807) is 0 Å². The zero-order valence-electron chi connectivity index (χ0n) is 26.7. The summed E-state index contributed by atoms with van der Waals surface area (Å²) in [5.41, 5.74) is 4.21. The van der Waals surface area contributed by atoms with Crippen molar-refractivity contribution in [3.63, 3.8) is 0 Å². The Kier molecular flexibility index (Phi) is 7.37. The van der Waals surface area contributed by atoms with Crippen LogP contribution in [0.1, 0.15) is 108 Å². The lowest BCUT2D eigenvalue weighted by molar-refractivity contribution is -0.169. The van der Waals surface area contributed by atoms with Crippen LogP contribution in [0.4, 0.5) is 0 Å². The minimum atomic E-state index is -0.838. The van der Waals surface area contributed by atoms with Gasteiger partial charge in [-0.1, -0.05) is 66.7 Å². The topological polar surface area (TPSA) is 65.0 Å². The van der Waals surface area contributed by atoms with Crippen molar-refractivity contribution in [3.8, 4) is 0 Å². The number of fused-ring (bicyclic) bond motifs is 5. The van der Waals surface area contributed by atoms with E-state index in [-0.39, 0.29) is 29.0 Å². The van der Waals surface area contributed by atoms with Crippen LogP contribution in [0.25, 0.3) is 0 Å². The molecule has 1 saturated carbocycles. The monoisotopic (exact) mass is 554 g/mol. The number of rotatable bonds is 6. The van der Waals surface area contributed by atoms with Gasteiger partial charge in [0.25, 0.3) is 0 Å². The third kappa shape index (κ3) is 4.40. The van der Waals surface area contributed by atoms with E-state index in [0.717, 1.165) is 44.1 Å². The van der Waals surface area contributed by atoms with Crippen molar-refractivity contribution < 1.29 is 24.1 Å². The number of carbonyl (C=O) groups excluding carboxylic acids is 1. The Labute approximate surface area is 242 Å². The summed E-state index contributed by atoms with van der Waals surface area (Å²) in [6.45, 7) is 25.8. The lowest BCUT2D eigenvalue weighted by atomic mass is 9.45. The number of hydrogen-bond acceptors (Lipinski definition) is 5. The summed E-state index contributed by atoms with van der Waals surface area (Å²) in [5.74, 6) is 0.572. The molecule has 9 atom stereocenters. The molecule has 0 aromatic heterocycles. The SMILES string of the molecule is C=C(CC[C@@H](C)[C@H]1CC=C2C3=C([C@@H](O)[C@H](OC(C)=O)C21C)C1(C)C[C@H]2OC(C)(C)O[C@@H]2C(C)(C)[C@@H]1CC3)C(C)C. The van der Waals surface area contributed by atoms with Gasteiger partial charge in [0.15, 0.2) is 5.79 Å². The number of esters is 1. The minimum Gasteiger partial charge on any atom is -0.458 e. The average molecular weight is 555 g/mol. The molecule has 0 radical (unpaired) electrons. The van der Waals surface area contributed by atoms with Crippen molar-refractivity contribution in [2.75, 3.05) is 0 Å². The fourth-order valence-corrected chi connectivity index (χ4v) is 10.0. The maximum atomic E-state index is 12.6. The molecule has 1 heterocycles. The summed E-state index contributed by atoms with van der Waals surface area (Å²) >= 11 is 0. The predicted octanol–water partition coefficient (Wildman–Crippen LogP) is 7.54. The maximum Gasteiger partial charge on any atom is 0.303 e. The van der Waals surface area contributed by atoms with E-state index in [9.17, 15) is 9.90 Å². The highest BCUT2D eigenvalue weighted by atomic mass is 16.8. The van der Waals surface area contributed by atoms with Crippen molar-refractivity contribution in [3.05, 3.63) is 34.9 Å². The zero-order chi connectivity index (χ0) is 29.6. The van der Waals surface area contributed by atoms with Gasteiger partial charge in [-0.25, -0.2) is 0 Å². The van der Waals surface area contributed by atoms with Crippen LogP contribution in [-0.2, 0) is 19.0 Å². The maximum absolute atomic E-state index is 12.6. The molecule has 1 N–H and O–H groups in total. The van der Waals surface area contributed by atoms with Gasteiger partial charge in [-0.15, -0.1) is 0 Å². The number of ether oxygens (including phenoxy) is 3. The molecule has 2 fully saturated rings. The lowest BCUT2D eigenvalue weighted by Crippen LogP contribution is -2.62. The molecule has 0 aromatic rings. The Balaban J connectivity index is 1.56. The molecule has 2 unspecified atom stereocenters. The summed E-state index contributed by atoms with van der Waals surface area (Å²) in [6.07, 6.45) is 6.78. The van der Waals surface area contributed by atoms with Gasteiger partial charge in [0, 0.05) is 12.3 Å². The highest BCUT2D eigenvalue weighted by molar-refractivity contribution is 5.67. The molecule has 5 heteroatoms. The molecular weight excluding hydrogens is 500 g/mol. The average Bonchev–Trinajstić information content (AvgIpc) is 3.35. The van der Waals surface area contributed by atoms with Gasteiger partial charge in [-0.2, -0.15) is 0 Å². The molecule has 0 bridgehead atoms. The highest BCUT2D eigenvalue weighted by Gasteiger charge is 2.67. The van der Waals surface area contributed by atoms with E-state index >= 15 is 0 Å². The first kappa shape index (κ1) is 30.0. The van der Waals surface area contributed by atoms with Crippen LogP contribution in [0.2, 0.25) is 0 Å². The summed E-state index contributed by atoms with van der Waals surface area (Å²) in [5, 5.41) is 12.4. The van der Waals surface area contributed by atoms with Crippen LogP contribution in [0.15, 0.2) is 34.9 Å². The normalized spacial score (nSPS) is 42.0. The predicted molar refractivity (Wildman–Crippen MR) is 158 cm³/mol. The zero-order valence-corrected chi connectivity index (χ0v) is 26.7. The van der Waals surface area contributed by atoms with Crippen LogP contribution < -0.4 is 0 Å². The third-order valence-electron chi connectivity index (χ3n) is 12.0. The van der Waals surface area contributed by atoms with Gasteiger partial charge >= 0.3 is 5.97 Å². The Hall–Kier alpha value is -1.43. The molecule has 5 nitrogen and oxygen atoms in total. The van der Waals surface area contributed by atoms with Crippen LogP contribution in [0.3, 0.4) is 0 Å². The number of aliphatic hydroxyl groups excluding tert-OH is 1. The summed E-state index contributed by atoms with van der Waals surface area (Å²) in [7, 11) is 0. The van der Waals surface area contributed by atoms with Gasteiger partial charge in [-0.05, 0) is 104 Å². The molecule has 224 valence electrons. The van der Waals surface area contributed by atoms with Crippen molar-refractivity contribution >= 4 is 5.97 Å². The Morgan fingerprint density at radius 2 is 1.82 bits per heavy atom. The van der Waals surface area contributed by atoms with Gasteiger partial charge in [0.2, 0.25) is 0 Å². The van der Waals surface area contributed by atoms with E-state index < -0.39 is 23.4 Å². The molecule has 1 aliphatic heterocycles. The number of carbonyl (C=O) groups is 1. The number of aliphatic hydroxyl groups is 1. The van der Waals surface area contributed by atoms with Gasteiger partial charge in [0.05, 0.1) is 12.2 Å².